The summed E-state index contributed by atoms with van der Waals surface area (Å²) in [6, 6.07) is 9.88. The zero-order valence-electron chi connectivity index (χ0n) is 16.3. The van der Waals surface area contributed by atoms with Gasteiger partial charge in [0.1, 0.15) is 10.1 Å². The number of nitrogens with one attached hydrogen (secondary N) is 1. The molecule has 2 aromatic rings. The third-order valence-corrected chi connectivity index (χ3v) is 5.67. The molecule has 6 nitrogen and oxygen atoms in total. The van der Waals surface area contributed by atoms with E-state index in [0.717, 1.165) is 17.3 Å². The van der Waals surface area contributed by atoms with E-state index in [1.54, 1.807) is 36.7 Å². The maximum absolute atomic E-state index is 12.7. The van der Waals surface area contributed by atoms with Crippen LogP contribution >= 0.6 is 24.0 Å². The first-order valence-electron chi connectivity index (χ1n) is 9.39. The molecule has 1 aromatic carbocycles. The van der Waals surface area contributed by atoms with E-state index in [0.29, 0.717) is 27.8 Å². The lowest BCUT2D eigenvalue weighted by Gasteiger charge is -2.14. The minimum atomic E-state index is -2.96. The smallest absolute Gasteiger partial charge is 0.387 e. The van der Waals surface area contributed by atoms with Crippen molar-refractivity contribution >= 4 is 46.2 Å². The number of pyridine rings is 1. The number of nitrogens with zero attached hydrogens (tertiary/aromatic N) is 2. The van der Waals surface area contributed by atoms with Gasteiger partial charge in [-0.05, 0) is 30.2 Å². The molecule has 1 aliphatic heterocycles. The molecule has 0 radical (unpaired) electrons. The zero-order chi connectivity index (χ0) is 22.2. The molecule has 1 fully saturated rings. The van der Waals surface area contributed by atoms with Crippen molar-refractivity contribution in [2.45, 2.75) is 26.0 Å². The molecule has 3 rings (SSSR count). The van der Waals surface area contributed by atoms with Gasteiger partial charge < -0.3 is 10.1 Å². The van der Waals surface area contributed by atoms with E-state index in [4.69, 9.17) is 12.2 Å². The van der Waals surface area contributed by atoms with E-state index >= 15 is 0 Å². The van der Waals surface area contributed by atoms with Gasteiger partial charge in [0.15, 0.2) is 0 Å². The molecule has 1 N–H and O–H groups in total. The highest BCUT2D eigenvalue weighted by Crippen LogP contribution is 2.34. The summed E-state index contributed by atoms with van der Waals surface area (Å²) in [5.41, 5.74) is 1.26. The molecule has 0 unspecified atom stereocenters. The fraction of sp³-hybridized carbons (Fsp3) is 0.238. The summed E-state index contributed by atoms with van der Waals surface area (Å²) in [5.74, 6) is -0.478. The first-order valence-corrected chi connectivity index (χ1v) is 10.6. The van der Waals surface area contributed by atoms with E-state index in [2.05, 4.69) is 15.0 Å². The summed E-state index contributed by atoms with van der Waals surface area (Å²) in [5, 5.41) is 2.80. The number of thioether (sulfide) groups is 1. The highest BCUT2D eigenvalue weighted by Gasteiger charge is 2.32. The maximum atomic E-state index is 12.7. The largest absolute Gasteiger partial charge is 0.434 e. The molecular weight excluding hydrogens is 444 g/mol. The van der Waals surface area contributed by atoms with Crippen molar-refractivity contribution in [3.05, 3.63) is 64.8 Å². The monoisotopic (exact) mass is 463 g/mol. The molecule has 0 atom stereocenters. The number of rotatable bonds is 9. The Morgan fingerprint density at radius 3 is 2.84 bits per heavy atom. The summed E-state index contributed by atoms with van der Waals surface area (Å²) in [7, 11) is 0. The minimum Gasteiger partial charge on any atom is -0.434 e. The summed E-state index contributed by atoms with van der Waals surface area (Å²) < 4.78 is 30.0. The Morgan fingerprint density at radius 2 is 2.10 bits per heavy atom. The Bertz CT molecular complexity index is 987. The maximum Gasteiger partial charge on any atom is 0.387 e. The van der Waals surface area contributed by atoms with Crippen molar-refractivity contribution in [2.75, 3.05) is 6.54 Å². The Morgan fingerprint density at radius 1 is 1.29 bits per heavy atom. The molecule has 31 heavy (non-hydrogen) atoms. The fourth-order valence-electron chi connectivity index (χ4n) is 2.83. The second-order valence-electron chi connectivity index (χ2n) is 6.49. The third-order valence-electron chi connectivity index (χ3n) is 4.29. The molecular formula is C21H19F2N3O3S2. The van der Waals surface area contributed by atoms with Crippen LogP contribution in [0.15, 0.2) is 53.7 Å². The van der Waals surface area contributed by atoms with Crippen molar-refractivity contribution in [1.29, 1.82) is 0 Å². The van der Waals surface area contributed by atoms with Crippen LogP contribution in [0.3, 0.4) is 0 Å². The summed E-state index contributed by atoms with van der Waals surface area (Å²) in [6.45, 7) is -2.29. The molecule has 1 aliphatic rings. The van der Waals surface area contributed by atoms with Gasteiger partial charge in [-0.25, -0.2) is 0 Å². The van der Waals surface area contributed by atoms with Gasteiger partial charge in [0.2, 0.25) is 5.91 Å². The first-order chi connectivity index (χ1) is 14.9. The van der Waals surface area contributed by atoms with Gasteiger partial charge in [0, 0.05) is 37.5 Å². The topological polar surface area (TPSA) is 71.5 Å². The van der Waals surface area contributed by atoms with E-state index in [-0.39, 0.29) is 30.5 Å². The van der Waals surface area contributed by atoms with Crippen LogP contribution in [-0.4, -0.2) is 39.2 Å². The molecule has 162 valence electrons. The Balaban J connectivity index is 1.53. The standard InChI is InChI=1S/C21H19F2N3O3S2/c22-20(23)29-16-7-2-1-6-15(16)11-17-19(28)26(21(30)31-17)10-4-8-18(27)25-13-14-5-3-9-24-12-14/h1-3,5-7,9,11-12,20H,4,8,10,13H2,(H,25,27). The van der Waals surface area contributed by atoms with Crippen LogP contribution < -0.4 is 10.1 Å². The summed E-state index contributed by atoms with van der Waals surface area (Å²) in [6.07, 6.45) is 5.49. The van der Waals surface area contributed by atoms with Crippen molar-refractivity contribution < 1.29 is 23.1 Å². The van der Waals surface area contributed by atoms with Gasteiger partial charge in [-0.15, -0.1) is 0 Å². The van der Waals surface area contributed by atoms with Gasteiger partial charge in [-0.1, -0.05) is 48.2 Å². The highest BCUT2D eigenvalue weighted by molar-refractivity contribution is 8.26. The Labute approximate surface area is 187 Å². The minimum absolute atomic E-state index is 0.0203. The number of para-hydroxylation sites is 1. The van der Waals surface area contributed by atoms with Crippen LogP contribution in [-0.2, 0) is 16.1 Å². The highest BCUT2D eigenvalue weighted by atomic mass is 32.2. The Hall–Kier alpha value is -2.85. The number of hydrogen-bond donors (Lipinski definition) is 1. The van der Waals surface area contributed by atoms with Crippen LogP contribution in [0.4, 0.5) is 8.78 Å². The molecule has 2 heterocycles. The lowest BCUT2D eigenvalue weighted by atomic mass is 10.2. The predicted molar refractivity (Wildman–Crippen MR) is 118 cm³/mol. The van der Waals surface area contributed by atoms with Crippen molar-refractivity contribution in [3.63, 3.8) is 0 Å². The van der Waals surface area contributed by atoms with Gasteiger partial charge in [-0.3, -0.25) is 19.5 Å². The average molecular weight is 464 g/mol. The number of benzene rings is 1. The second-order valence-corrected chi connectivity index (χ2v) is 8.17. The second kappa shape index (κ2) is 11.0. The quantitative estimate of drug-likeness (QED) is 0.448. The first kappa shape index (κ1) is 22.8. The van der Waals surface area contributed by atoms with Gasteiger partial charge in [0.25, 0.3) is 5.91 Å². The van der Waals surface area contributed by atoms with Crippen molar-refractivity contribution in [1.82, 2.24) is 15.2 Å². The lowest BCUT2D eigenvalue weighted by molar-refractivity contribution is -0.124. The number of halogens is 2. The van der Waals surface area contributed by atoms with Crippen LogP contribution in [0.2, 0.25) is 0 Å². The van der Waals surface area contributed by atoms with E-state index < -0.39 is 6.61 Å². The number of amides is 2. The molecule has 0 saturated carbocycles. The Kier molecular flexibility index (Phi) is 8.07. The predicted octanol–water partition coefficient (Wildman–Crippen LogP) is 3.98. The average Bonchev–Trinajstić information content (AvgIpc) is 3.01. The SMILES string of the molecule is O=C(CCCN1C(=O)C(=Cc2ccccc2OC(F)F)SC1=S)NCc1cccnc1. The fourth-order valence-corrected chi connectivity index (χ4v) is 4.13. The number of alkyl halides is 2. The number of aromatic nitrogens is 1. The molecule has 0 spiro atoms. The van der Waals surface area contributed by atoms with Gasteiger partial charge in [0.05, 0.1) is 4.91 Å². The number of ether oxygens (including phenoxy) is 1. The van der Waals surface area contributed by atoms with Gasteiger partial charge in [-0.2, -0.15) is 8.78 Å². The molecule has 1 aromatic heterocycles. The van der Waals surface area contributed by atoms with Crippen molar-refractivity contribution in [3.8, 4) is 5.75 Å². The molecule has 0 bridgehead atoms. The zero-order valence-corrected chi connectivity index (χ0v) is 17.9. The van der Waals surface area contributed by atoms with Crippen LogP contribution in [0.25, 0.3) is 6.08 Å². The molecule has 10 heteroatoms. The van der Waals surface area contributed by atoms with Crippen LogP contribution in [0, 0.1) is 0 Å². The van der Waals surface area contributed by atoms with Crippen molar-refractivity contribution in [2.24, 2.45) is 0 Å². The molecule has 2 amide bonds. The van der Waals surface area contributed by atoms with E-state index in [1.807, 2.05) is 6.07 Å². The summed E-state index contributed by atoms with van der Waals surface area (Å²) >= 11 is 6.37. The third kappa shape index (κ3) is 6.56. The molecule has 0 aliphatic carbocycles. The number of carbonyl (C=O) groups excluding carboxylic acids is 2. The number of thiocarbonyl (C=S) groups is 1. The summed E-state index contributed by atoms with van der Waals surface area (Å²) in [4.78, 5) is 30.4. The molecule has 1 saturated heterocycles. The van der Waals surface area contributed by atoms with E-state index in [1.165, 1.54) is 17.0 Å². The number of hydrogen-bond acceptors (Lipinski definition) is 6. The number of carbonyl (C=O) groups is 2. The van der Waals surface area contributed by atoms with Crippen LogP contribution in [0.1, 0.15) is 24.0 Å². The van der Waals surface area contributed by atoms with Crippen LogP contribution in [0.5, 0.6) is 5.75 Å². The van der Waals surface area contributed by atoms with Gasteiger partial charge >= 0.3 is 6.61 Å². The van der Waals surface area contributed by atoms with E-state index in [9.17, 15) is 18.4 Å². The normalized spacial score (nSPS) is 15.1. The lowest BCUT2D eigenvalue weighted by Crippen LogP contribution is -2.30.